The minimum Gasteiger partial charge on any atom is -0.362 e. The molecule has 17 heavy (non-hydrogen) atoms. The molecule has 0 aromatic heterocycles. The lowest BCUT2D eigenvalue weighted by atomic mass is 10.1. The summed E-state index contributed by atoms with van der Waals surface area (Å²) in [6.45, 7) is 4.48. The average Bonchev–Trinajstić information content (AvgIpc) is 2.17. The second kappa shape index (κ2) is 6.05. The molecule has 0 N–H and O–H groups in total. The molecule has 0 spiro atoms. The lowest BCUT2D eigenvalue weighted by Crippen LogP contribution is -2.56. The Morgan fingerprint density at radius 3 is 1.76 bits per heavy atom. The summed E-state index contributed by atoms with van der Waals surface area (Å²) >= 11 is 5.78. The number of alkyl halides is 2. The van der Waals surface area contributed by atoms with Crippen LogP contribution in [0.15, 0.2) is 0 Å². The van der Waals surface area contributed by atoms with Crippen molar-refractivity contribution in [1.29, 1.82) is 0 Å². The van der Waals surface area contributed by atoms with Crippen molar-refractivity contribution in [2.75, 3.05) is 6.61 Å². The van der Waals surface area contributed by atoms with Gasteiger partial charge in [-0.3, -0.25) is 20.2 Å². The molecular formula is C8H14Br2N2O5. The first kappa shape index (κ1) is 16.7. The summed E-state index contributed by atoms with van der Waals surface area (Å²) in [5.41, 5.74) is 0. The smallest absolute Gasteiger partial charge is 0.305 e. The number of rotatable bonds is 7. The van der Waals surface area contributed by atoms with E-state index in [1.807, 2.05) is 6.92 Å². The molecule has 7 nitrogen and oxygen atoms in total. The zero-order valence-electron chi connectivity index (χ0n) is 9.68. The molecule has 9 heteroatoms. The van der Waals surface area contributed by atoms with Crippen LogP contribution in [-0.2, 0) is 4.74 Å². The van der Waals surface area contributed by atoms with Gasteiger partial charge in [0, 0.05) is 62.2 Å². The Balaban J connectivity index is 5.27. The SMILES string of the molecule is CCCOC(C(C)(Br)[N+](=O)[O-])C(C)(Br)[N+](=O)[O-]. The molecule has 0 rings (SSSR count). The molecular weight excluding hydrogens is 364 g/mol. The van der Waals surface area contributed by atoms with E-state index in [1.54, 1.807) is 0 Å². The number of halogens is 2. The van der Waals surface area contributed by atoms with E-state index in [0.29, 0.717) is 6.42 Å². The lowest BCUT2D eigenvalue weighted by molar-refractivity contribution is -0.590. The zero-order chi connectivity index (χ0) is 13.9. The molecule has 2 unspecified atom stereocenters. The van der Waals surface area contributed by atoms with Gasteiger partial charge in [0.1, 0.15) is 0 Å². The van der Waals surface area contributed by atoms with Crippen molar-refractivity contribution in [2.45, 2.75) is 42.2 Å². The Labute approximate surface area is 115 Å². The third-order valence-electron chi connectivity index (χ3n) is 2.16. The van der Waals surface area contributed by atoms with E-state index in [9.17, 15) is 20.2 Å². The highest BCUT2D eigenvalue weighted by Crippen LogP contribution is 2.37. The summed E-state index contributed by atoms with van der Waals surface area (Å²) in [4.78, 5) is 20.6. The summed E-state index contributed by atoms with van der Waals surface area (Å²) < 4.78 is 1.78. The van der Waals surface area contributed by atoms with Crippen LogP contribution >= 0.6 is 31.9 Å². The maximum atomic E-state index is 10.9. The third-order valence-corrected chi connectivity index (χ3v) is 3.57. The highest BCUT2D eigenvalue weighted by Gasteiger charge is 2.60. The number of hydrogen-bond acceptors (Lipinski definition) is 5. The fourth-order valence-corrected chi connectivity index (χ4v) is 2.68. The van der Waals surface area contributed by atoms with Gasteiger partial charge in [0.2, 0.25) is 6.10 Å². The van der Waals surface area contributed by atoms with E-state index >= 15 is 0 Å². The van der Waals surface area contributed by atoms with Crippen LogP contribution in [-0.4, -0.2) is 31.5 Å². The van der Waals surface area contributed by atoms with Crippen molar-refractivity contribution < 1.29 is 14.6 Å². The van der Waals surface area contributed by atoms with Crippen LogP contribution in [0.4, 0.5) is 0 Å². The van der Waals surface area contributed by atoms with Gasteiger partial charge in [-0.05, 0) is 6.42 Å². The molecule has 0 aromatic rings. The number of hydrogen-bond donors (Lipinski definition) is 0. The Morgan fingerprint density at radius 2 is 1.53 bits per heavy atom. The fraction of sp³-hybridized carbons (Fsp3) is 1.00. The second-order valence-corrected chi connectivity index (χ2v) is 7.02. The van der Waals surface area contributed by atoms with Crippen LogP contribution in [0.25, 0.3) is 0 Å². The van der Waals surface area contributed by atoms with Gasteiger partial charge in [-0.1, -0.05) is 6.92 Å². The number of ether oxygens (including phenoxy) is 1. The molecule has 0 heterocycles. The van der Waals surface area contributed by atoms with Crippen LogP contribution in [0.5, 0.6) is 0 Å². The molecule has 0 saturated carbocycles. The van der Waals surface area contributed by atoms with Gasteiger partial charge in [-0.2, -0.15) is 0 Å². The van der Waals surface area contributed by atoms with Gasteiger partial charge in [0.15, 0.2) is 0 Å². The standard InChI is InChI=1S/C8H14Br2N2O5/c1-4-5-17-6(7(2,9)11(13)14)8(3,10)12(15)16/h6H,4-5H2,1-3H3. The van der Waals surface area contributed by atoms with Crippen molar-refractivity contribution in [3.63, 3.8) is 0 Å². The minimum atomic E-state index is -1.74. The van der Waals surface area contributed by atoms with Crippen LogP contribution in [0.3, 0.4) is 0 Å². The molecule has 0 radical (unpaired) electrons. The van der Waals surface area contributed by atoms with Crippen molar-refractivity contribution in [1.82, 2.24) is 0 Å². The quantitative estimate of drug-likeness (QED) is 0.294. The molecule has 0 aliphatic rings. The molecule has 0 amide bonds. The lowest BCUT2D eigenvalue weighted by Gasteiger charge is -2.30. The summed E-state index contributed by atoms with van der Waals surface area (Å²) in [6, 6.07) is 0. The maximum Gasteiger partial charge on any atom is 0.305 e. The molecule has 0 aromatic carbocycles. The number of nitrogens with zero attached hydrogens (tertiary/aromatic N) is 2. The second-order valence-electron chi connectivity index (χ2n) is 3.81. The van der Waals surface area contributed by atoms with Gasteiger partial charge >= 0.3 is 8.90 Å². The van der Waals surface area contributed by atoms with Crippen molar-refractivity contribution in [2.24, 2.45) is 0 Å². The van der Waals surface area contributed by atoms with Crippen LogP contribution in [0.2, 0.25) is 0 Å². The third kappa shape index (κ3) is 3.85. The Hall–Kier alpha value is -0.280. The largest absolute Gasteiger partial charge is 0.362 e. The van der Waals surface area contributed by atoms with E-state index in [0.717, 1.165) is 0 Å². The first-order valence-electron chi connectivity index (χ1n) is 4.86. The highest BCUT2D eigenvalue weighted by atomic mass is 79.9. The first-order chi connectivity index (χ1) is 7.58. The Morgan fingerprint density at radius 1 is 1.18 bits per heavy atom. The summed E-state index contributed by atoms with van der Waals surface area (Å²) in [6.07, 6.45) is -0.641. The minimum absolute atomic E-state index is 0.203. The van der Waals surface area contributed by atoms with Gasteiger partial charge in [-0.25, -0.2) is 0 Å². The van der Waals surface area contributed by atoms with E-state index in [4.69, 9.17) is 4.74 Å². The van der Waals surface area contributed by atoms with Gasteiger partial charge in [0.25, 0.3) is 0 Å². The molecule has 0 bridgehead atoms. The molecule has 0 fully saturated rings. The summed E-state index contributed by atoms with van der Waals surface area (Å²) in [7, 11) is 0. The normalized spacial score (nSPS) is 20.1. The Kier molecular flexibility index (Phi) is 5.95. The summed E-state index contributed by atoms with van der Waals surface area (Å²) in [5, 5.41) is 21.9. The topological polar surface area (TPSA) is 95.5 Å². The molecule has 0 aliphatic carbocycles. The van der Waals surface area contributed by atoms with Crippen molar-refractivity contribution in [3.05, 3.63) is 20.2 Å². The van der Waals surface area contributed by atoms with Crippen molar-refractivity contribution >= 4 is 31.9 Å². The van der Waals surface area contributed by atoms with E-state index in [2.05, 4.69) is 31.9 Å². The highest BCUT2D eigenvalue weighted by molar-refractivity contribution is 9.10. The monoisotopic (exact) mass is 376 g/mol. The first-order valence-corrected chi connectivity index (χ1v) is 6.45. The van der Waals surface area contributed by atoms with Gasteiger partial charge in [-0.15, -0.1) is 0 Å². The predicted octanol–water partition coefficient (Wildman–Crippen LogP) is 2.56. The predicted molar refractivity (Wildman–Crippen MR) is 68.7 cm³/mol. The van der Waals surface area contributed by atoms with Crippen LogP contribution in [0.1, 0.15) is 27.2 Å². The fourth-order valence-electron chi connectivity index (χ4n) is 1.21. The van der Waals surface area contributed by atoms with Gasteiger partial charge < -0.3 is 4.74 Å². The zero-order valence-corrected chi connectivity index (χ0v) is 12.9. The van der Waals surface area contributed by atoms with Crippen LogP contribution in [0, 0.1) is 20.2 Å². The number of nitro groups is 2. The Bertz CT molecular complexity index is 282. The van der Waals surface area contributed by atoms with Gasteiger partial charge in [0.05, 0.1) is 0 Å². The van der Waals surface area contributed by atoms with Crippen LogP contribution < -0.4 is 0 Å². The maximum absolute atomic E-state index is 10.9. The van der Waals surface area contributed by atoms with Crippen molar-refractivity contribution in [3.8, 4) is 0 Å². The molecule has 0 aliphatic heterocycles. The van der Waals surface area contributed by atoms with E-state index in [1.165, 1.54) is 13.8 Å². The summed E-state index contributed by atoms with van der Waals surface area (Å²) in [5.74, 6) is 0. The van der Waals surface area contributed by atoms with E-state index < -0.39 is 24.8 Å². The molecule has 100 valence electrons. The van der Waals surface area contributed by atoms with E-state index in [-0.39, 0.29) is 6.61 Å². The molecule has 2 atom stereocenters. The average molecular weight is 378 g/mol. The molecule has 0 saturated heterocycles.